The molecule has 0 aliphatic heterocycles. The van der Waals surface area contributed by atoms with Gasteiger partial charge in [0, 0.05) is 12.7 Å². The van der Waals surface area contributed by atoms with Crippen molar-refractivity contribution in [1.82, 2.24) is 10.3 Å². The summed E-state index contributed by atoms with van der Waals surface area (Å²) in [7, 11) is 0. The number of amides is 1. The number of pyridine rings is 1. The van der Waals surface area contributed by atoms with Crippen molar-refractivity contribution in [1.29, 1.82) is 0 Å². The van der Waals surface area contributed by atoms with Gasteiger partial charge < -0.3 is 10.4 Å². The van der Waals surface area contributed by atoms with Gasteiger partial charge in [0.2, 0.25) is 0 Å². The summed E-state index contributed by atoms with van der Waals surface area (Å²) in [6.45, 7) is 2.38. The molecule has 1 heterocycles. The van der Waals surface area contributed by atoms with E-state index in [1.165, 1.54) is 0 Å². The smallest absolute Gasteiger partial charge is 0.269 e. The molecule has 0 saturated carbocycles. The van der Waals surface area contributed by atoms with Crippen LogP contribution in [0.1, 0.15) is 30.3 Å². The number of hydrogen-bond donors (Lipinski definition) is 2. The van der Waals surface area contributed by atoms with Crippen LogP contribution < -0.4 is 5.32 Å². The van der Waals surface area contributed by atoms with Crippen molar-refractivity contribution in [2.75, 3.05) is 6.54 Å². The first kappa shape index (κ1) is 11.7. The molecule has 1 unspecified atom stereocenters. The van der Waals surface area contributed by atoms with Gasteiger partial charge in [-0.3, -0.25) is 9.78 Å². The van der Waals surface area contributed by atoms with Gasteiger partial charge >= 0.3 is 0 Å². The highest BCUT2D eigenvalue weighted by molar-refractivity contribution is 5.92. The Bertz CT molecular complexity index is 301. The fraction of sp³-hybridized carbons (Fsp3) is 0.455. The van der Waals surface area contributed by atoms with Crippen LogP contribution in [0.3, 0.4) is 0 Å². The SMILES string of the molecule is CCC(O)CCNC(=O)c1ccccn1. The molecular formula is C11H16N2O2. The minimum atomic E-state index is -0.339. The molecule has 0 aliphatic rings. The first-order chi connectivity index (χ1) is 7.24. The van der Waals surface area contributed by atoms with Gasteiger partial charge in [-0.25, -0.2) is 0 Å². The third-order valence-electron chi connectivity index (χ3n) is 2.13. The molecule has 2 N–H and O–H groups in total. The average molecular weight is 208 g/mol. The Kier molecular flexibility index (Phi) is 4.77. The van der Waals surface area contributed by atoms with Crippen LogP contribution in [0.4, 0.5) is 0 Å². The van der Waals surface area contributed by atoms with Crippen molar-refractivity contribution < 1.29 is 9.90 Å². The maximum absolute atomic E-state index is 11.5. The monoisotopic (exact) mass is 208 g/mol. The van der Waals surface area contributed by atoms with Gasteiger partial charge in [0.15, 0.2) is 0 Å². The van der Waals surface area contributed by atoms with Crippen LogP contribution in [0.25, 0.3) is 0 Å². The summed E-state index contributed by atoms with van der Waals surface area (Å²) in [5.41, 5.74) is 0.406. The zero-order chi connectivity index (χ0) is 11.1. The van der Waals surface area contributed by atoms with E-state index in [0.717, 1.165) is 0 Å². The topological polar surface area (TPSA) is 62.2 Å². The van der Waals surface area contributed by atoms with Crippen LogP contribution in [0, 0.1) is 0 Å². The zero-order valence-electron chi connectivity index (χ0n) is 8.81. The number of aliphatic hydroxyl groups excluding tert-OH is 1. The molecule has 1 rings (SSSR count). The van der Waals surface area contributed by atoms with Crippen molar-refractivity contribution in [3.63, 3.8) is 0 Å². The van der Waals surface area contributed by atoms with Crippen LogP contribution in [-0.2, 0) is 0 Å². The Morgan fingerprint density at radius 3 is 3.00 bits per heavy atom. The first-order valence-electron chi connectivity index (χ1n) is 5.11. The predicted octanol–water partition coefficient (Wildman–Crippen LogP) is 0.972. The van der Waals surface area contributed by atoms with Crippen molar-refractivity contribution >= 4 is 5.91 Å². The van der Waals surface area contributed by atoms with Crippen molar-refractivity contribution in [3.05, 3.63) is 30.1 Å². The van der Waals surface area contributed by atoms with E-state index in [1.807, 2.05) is 6.92 Å². The van der Waals surface area contributed by atoms with Crippen LogP contribution in [0.2, 0.25) is 0 Å². The second-order valence-electron chi connectivity index (χ2n) is 3.32. The summed E-state index contributed by atoms with van der Waals surface area (Å²) in [5, 5.41) is 12.0. The van der Waals surface area contributed by atoms with Gasteiger partial charge in [-0.15, -0.1) is 0 Å². The summed E-state index contributed by atoms with van der Waals surface area (Å²) in [4.78, 5) is 15.4. The molecule has 0 saturated heterocycles. The van der Waals surface area contributed by atoms with Crippen LogP contribution in [-0.4, -0.2) is 28.6 Å². The van der Waals surface area contributed by atoms with E-state index < -0.39 is 0 Å². The Hall–Kier alpha value is -1.42. The lowest BCUT2D eigenvalue weighted by atomic mass is 10.2. The van der Waals surface area contributed by atoms with E-state index >= 15 is 0 Å². The van der Waals surface area contributed by atoms with E-state index in [4.69, 9.17) is 0 Å². The maximum Gasteiger partial charge on any atom is 0.269 e. The minimum Gasteiger partial charge on any atom is -0.393 e. The highest BCUT2D eigenvalue weighted by Crippen LogP contribution is 1.96. The molecule has 0 bridgehead atoms. The average Bonchev–Trinajstić information content (AvgIpc) is 2.29. The van der Waals surface area contributed by atoms with Crippen molar-refractivity contribution in [3.8, 4) is 0 Å². The molecular weight excluding hydrogens is 192 g/mol. The highest BCUT2D eigenvalue weighted by Gasteiger charge is 2.06. The molecule has 0 fully saturated rings. The van der Waals surface area contributed by atoms with Gasteiger partial charge in [0.25, 0.3) is 5.91 Å². The molecule has 15 heavy (non-hydrogen) atoms. The fourth-order valence-corrected chi connectivity index (χ4v) is 1.14. The lowest BCUT2D eigenvalue weighted by Crippen LogP contribution is -2.27. The van der Waals surface area contributed by atoms with Crippen LogP contribution >= 0.6 is 0 Å². The largest absolute Gasteiger partial charge is 0.393 e. The summed E-state index contributed by atoms with van der Waals surface area (Å²) in [5.74, 6) is -0.195. The molecule has 1 amide bonds. The quantitative estimate of drug-likeness (QED) is 0.758. The van der Waals surface area contributed by atoms with Gasteiger partial charge in [-0.05, 0) is 25.0 Å². The highest BCUT2D eigenvalue weighted by atomic mass is 16.3. The molecule has 4 nitrogen and oxygen atoms in total. The summed E-state index contributed by atoms with van der Waals surface area (Å²) in [6, 6.07) is 5.19. The number of aliphatic hydroxyl groups is 1. The van der Waals surface area contributed by atoms with Crippen molar-refractivity contribution in [2.45, 2.75) is 25.9 Å². The normalized spacial score (nSPS) is 12.1. The molecule has 1 atom stereocenters. The Labute approximate surface area is 89.3 Å². The number of carbonyl (C=O) groups excluding carboxylic acids is 1. The Balaban J connectivity index is 2.31. The van der Waals surface area contributed by atoms with Gasteiger partial charge in [-0.2, -0.15) is 0 Å². The zero-order valence-corrected chi connectivity index (χ0v) is 8.81. The number of nitrogens with one attached hydrogen (secondary N) is 1. The Morgan fingerprint density at radius 2 is 2.40 bits per heavy atom. The summed E-state index contributed by atoms with van der Waals surface area (Å²) >= 11 is 0. The molecule has 1 aromatic rings. The van der Waals surface area contributed by atoms with E-state index in [0.29, 0.717) is 25.1 Å². The molecule has 0 aliphatic carbocycles. The number of rotatable bonds is 5. The minimum absolute atomic E-state index is 0.195. The number of nitrogens with zero attached hydrogens (tertiary/aromatic N) is 1. The van der Waals surface area contributed by atoms with E-state index in [9.17, 15) is 9.90 Å². The fourth-order valence-electron chi connectivity index (χ4n) is 1.14. The summed E-state index contributed by atoms with van der Waals surface area (Å²) < 4.78 is 0. The lowest BCUT2D eigenvalue weighted by molar-refractivity contribution is 0.0937. The number of aromatic nitrogens is 1. The van der Waals surface area contributed by atoms with E-state index in [2.05, 4.69) is 10.3 Å². The molecule has 4 heteroatoms. The molecule has 0 aromatic carbocycles. The van der Waals surface area contributed by atoms with Gasteiger partial charge in [-0.1, -0.05) is 13.0 Å². The summed E-state index contributed by atoms with van der Waals surface area (Å²) in [6.07, 6.45) is 2.53. The maximum atomic E-state index is 11.5. The Morgan fingerprint density at radius 1 is 1.60 bits per heavy atom. The molecule has 82 valence electrons. The first-order valence-corrected chi connectivity index (χ1v) is 5.11. The van der Waals surface area contributed by atoms with Gasteiger partial charge in [0.05, 0.1) is 6.10 Å². The third-order valence-corrected chi connectivity index (χ3v) is 2.13. The molecule has 0 spiro atoms. The second kappa shape index (κ2) is 6.14. The number of hydrogen-bond acceptors (Lipinski definition) is 3. The molecule has 0 radical (unpaired) electrons. The third kappa shape index (κ3) is 4.08. The number of carbonyl (C=O) groups is 1. The van der Waals surface area contributed by atoms with E-state index in [1.54, 1.807) is 24.4 Å². The van der Waals surface area contributed by atoms with E-state index in [-0.39, 0.29) is 12.0 Å². The molecule has 1 aromatic heterocycles. The second-order valence-corrected chi connectivity index (χ2v) is 3.32. The van der Waals surface area contributed by atoms with Crippen molar-refractivity contribution in [2.24, 2.45) is 0 Å². The van der Waals surface area contributed by atoms with Gasteiger partial charge in [0.1, 0.15) is 5.69 Å². The van der Waals surface area contributed by atoms with Crippen LogP contribution in [0.15, 0.2) is 24.4 Å². The van der Waals surface area contributed by atoms with Crippen LogP contribution in [0.5, 0.6) is 0 Å². The lowest BCUT2D eigenvalue weighted by Gasteiger charge is -2.08. The standard InChI is InChI=1S/C11H16N2O2/c1-2-9(14)6-8-13-11(15)10-5-3-4-7-12-10/h3-5,7,9,14H,2,6,8H2,1H3,(H,13,15). The predicted molar refractivity (Wildman–Crippen MR) is 57.5 cm³/mol.